The molecule has 45 valence electrons. The Bertz CT molecular complexity index is 86.6. The van der Waals surface area contributed by atoms with Crippen molar-refractivity contribution in [1.82, 2.24) is 0 Å². The van der Waals surface area contributed by atoms with E-state index in [-0.39, 0.29) is 37.5 Å². The molecule has 0 atom stereocenters. The van der Waals surface area contributed by atoms with Crippen LogP contribution in [0.25, 0.3) is 0 Å². The van der Waals surface area contributed by atoms with Gasteiger partial charge in [-0.15, -0.1) is 0 Å². The van der Waals surface area contributed by atoms with Crippen LogP contribution >= 0.6 is 0 Å². The van der Waals surface area contributed by atoms with Gasteiger partial charge in [0.25, 0.3) is 0 Å². The van der Waals surface area contributed by atoms with Crippen molar-refractivity contribution in [2.24, 2.45) is 0 Å². The topological polar surface area (TPSA) is 34.1 Å². The number of ketones is 2. The fourth-order valence-corrected chi connectivity index (χ4v) is 0.351. The third kappa shape index (κ3) is 9.35. The first-order valence-electron chi connectivity index (χ1n) is 2.12. The standard InChI is InChI=1S/C5H8O2.Ru/c1-4(6)3-5(2)7;/h3H2,1-2H3;/q;+3. The Labute approximate surface area is 61.4 Å². The zero-order valence-electron chi connectivity index (χ0n) is 4.88. The van der Waals surface area contributed by atoms with Gasteiger partial charge in [-0.25, -0.2) is 0 Å². The maximum Gasteiger partial charge on any atom is 3.00 e. The largest absolute Gasteiger partial charge is 3.00 e. The van der Waals surface area contributed by atoms with Gasteiger partial charge in [-0.05, 0) is 13.8 Å². The van der Waals surface area contributed by atoms with Gasteiger partial charge in [-0.3, -0.25) is 9.59 Å². The van der Waals surface area contributed by atoms with E-state index in [2.05, 4.69) is 0 Å². The molecule has 0 amide bonds. The van der Waals surface area contributed by atoms with Crippen LogP contribution in [0.1, 0.15) is 20.3 Å². The smallest absolute Gasteiger partial charge is 0.300 e. The van der Waals surface area contributed by atoms with E-state index in [0.717, 1.165) is 0 Å². The fraction of sp³-hybridized carbons (Fsp3) is 0.600. The third-order valence-corrected chi connectivity index (χ3v) is 0.498. The molecule has 1 radical (unpaired) electrons. The van der Waals surface area contributed by atoms with Crippen molar-refractivity contribution >= 4 is 11.6 Å². The van der Waals surface area contributed by atoms with Crippen molar-refractivity contribution in [3.63, 3.8) is 0 Å². The van der Waals surface area contributed by atoms with E-state index in [0.29, 0.717) is 0 Å². The number of hydrogen-bond donors (Lipinski definition) is 0. The molecule has 0 heterocycles. The summed E-state index contributed by atoms with van der Waals surface area (Å²) in [7, 11) is 0. The molecule has 0 saturated heterocycles. The molecule has 0 rings (SSSR count). The van der Waals surface area contributed by atoms with E-state index in [1.165, 1.54) is 13.8 Å². The van der Waals surface area contributed by atoms with Crippen molar-refractivity contribution in [2.75, 3.05) is 0 Å². The molecule has 3 heteroatoms. The van der Waals surface area contributed by atoms with Crippen LogP contribution in [0, 0.1) is 0 Å². The van der Waals surface area contributed by atoms with Gasteiger partial charge in [0.1, 0.15) is 11.6 Å². The third-order valence-electron chi connectivity index (χ3n) is 0.498. The first-order valence-corrected chi connectivity index (χ1v) is 2.12. The molecule has 0 spiro atoms. The molecule has 2 nitrogen and oxygen atoms in total. The van der Waals surface area contributed by atoms with Crippen LogP contribution in [0.3, 0.4) is 0 Å². The van der Waals surface area contributed by atoms with Gasteiger partial charge in [0.15, 0.2) is 0 Å². The van der Waals surface area contributed by atoms with E-state index in [1.807, 2.05) is 0 Å². The molecule has 0 aliphatic carbocycles. The summed E-state index contributed by atoms with van der Waals surface area (Å²) in [5.74, 6) is -0.125. The Morgan fingerprint density at radius 1 is 1.12 bits per heavy atom. The van der Waals surface area contributed by atoms with Crippen LogP contribution < -0.4 is 0 Å². The SMILES string of the molecule is CC(=O)CC(C)=O.[Ru+3]. The van der Waals surface area contributed by atoms with Crippen molar-refractivity contribution in [2.45, 2.75) is 20.3 Å². The normalized spacial score (nSPS) is 7.25. The second kappa shape index (κ2) is 5.11. The molecular formula is C5H8O2Ru+3. The Hall–Kier alpha value is -0.0366. The second-order valence-corrected chi connectivity index (χ2v) is 1.58. The molecule has 0 unspecified atom stereocenters. The molecule has 0 aromatic carbocycles. The first-order chi connectivity index (χ1) is 3.13. The average Bonchev–Trinajstić information content (AvgIpc) is 1.27. The van der Waals surface area contributed by atoms with Crippen LogP contribution in [0.4, 0.5) is 0 Å². The molecule has 0 bridgehead atoms. The number of rotatable bonds is 2. The van der Waals surface area contributed by atoms with E-state index in [4.69, 9.17) is 0 Å². The maximum atomic E-state index is 10.0. The minimum Gasteiger partial charge on any atom is -0.300 e. The molecule has 0 aromatic heterocycles. The first kappa shape index (κ1) is 10.9. The number of Topliss-reactive ketones (excluding diaryl/α,β-unsaturated/α-hetero) is 2. The second-order valence-electron chi connectivity index (χ2n) is 1.58. The van der Waals surface area contributed by atoms with Crippen LogP contribution in [0.5, 0.6) is 0 Å². The van der Waals surface area contributed by atoms with Gasteiger partial charge in [0.2, 0.25) is 0 Å². The fourth-order valence-electron chi connectivity index (χ4n) is 0.351. The zero-order chi connectivity index (χ0) is 5.86. The van der Waals surface area contributed by atoms with Gasteiger partial charge >= 0.3 is 19.5 Å². The Morgan fingerprint density at radius 2 is 1.38 bits per heavy atom. The Kier molecular flexibility index (Phi) is 6.93. The summed E-state index contributed by atoms with van der Waals surface area (Å²) >= 11 is 0. The minimum atomic E-state index is -0.0625. The summed E-state index contributed by atoms with van der Waals surface area (Å²) in [4.78, 5) is 20.1. The van der Waals surface area contributed by atoms with Crippen LogP contribution in [-0.4, -0.2) is 11.6 Å². The van der Waals surface area contributed by atoms with E-state index < -0.39 is 0 Å². The predicted octanol–water partition coefficient (Wildman–Crippen LogP) is 0.552. The molecule has 8 heavy (non-hydrogen) atoms. The van der Waals surface area contributed by atoms with Crippen molar-refractivity contribution in [3.05, 3.63) is 0 Å². The number of carbonyl (C=O) groups is 2. The van der Waals surface area contributed by atoms with E-state index in [9.17, 15) is 9.59 Å². The number of hydrogen-bond acceptors (Lipinski definition) is 2. The van der Waals surface area contributed by atoms with E-state index in [1.54, 1.807) is 0 Å². The van der Waals surface area contributed by atoms with Gasteiger partial charge in [-0.1, -0.05) is 0 Å². The summed E-state index contributed by atoms with van der Waals surface area (Å²) in [6.45, 7) is 2.81. The summed E-state index contributed by atoms with van der Waals surface area (Å²) in [5, 5.41) is 0. The van der Waals surface area contributed by atoms with E-state index >= 15 is 0 Å². The van der Waals surface area contributed by atoms with Gasteiger partial charge < -0.3 is 0 Å². The Morgan fingerprint density at radius 3 is 1.38 bits per heavy atom. The van der Waals surface area contributed by atoms with Gasteiger partial charge in [-0.2, -0.15) is 0 Å². The molecule has 0 aliphatic heterocycles. The number of carbonyl (C=O) groups excluding carboxylic acids is 2. The van der Waals surface area contributed by atoms with Crippen LogP contribution in [0.15, 0.2) is 0 Å². The van der Waals surface area contributed by atoms with Crippen LogP contribution in [-0.2, 0) is 29.1 Å². The summed E-state index contributed by atoms with van der Waals surface area (Å²) < 4.78 is 0. The van der Waals surface area contributed by atoms with Gasteiger partial charge in [0.05, 0.1) is 6.42 Å². The van der Waals surface area contributed by atoms with Crippen LogP contribution in [0.2, 0.25) is 0 Å². The molecule has 0 N–H and O–H groups in total. The average molecular weight is 201 g/mol. The quantitative estimate of drug-likeness (QED) is 0.483. The molecule has 0 saturated carbocycles. The molecule has 0 aliphatic rings. The van der Waals surface area contributed by atoms with Crippen molar-refractivity contribution < 1.29 is 29.1 Å². The van der Waals surface area contributed by atoms with Crippen molar-refractivity contribution in [3.8, 4) is 0 Å². The minimum absolute atomic E-state index is 0. The summed E-state index contributed by atoms with van der Waals surface area (Å²) in [5.41, 5.74) is 0. The monoisotopic (exact) mass is 202 g/mol. The molecule has 0 fully saturated rings. The van der Waals surface area contributed by atoms with Crippen molar-refractivity contribution in [1.29, 1.82) is 0 Å². The summed E-state index contributed by atoms with van der Waals surface area (Å²) in [6, 6.07) is 0. The summed E-state index contributed by atoms with van der Waals surface area (Å²) in [6.07, 6.45) is 0.0833. The Balaban J connectivity index is 0. The van der Waals surface area contributed by atoms with Gasteiger partial charge in [0, 0.05) is 0 Å². The molecular weight excluding hydrogens is 193 g/mol. The molecule has 0 aromatic rings. The zero-order valence-corrected chi connectivity index (χ0v) is 6.62. The predicted molar refractivity (Wildman–Crippen MR) is 26.0 cm³/mol. The maximum absolute atomic E-state index is 10.0.